The monoisotopic (exact) mass is 436 g/mol. The minimum absolute atomic E-state index is 0.0930. The first-order valence-electron chi connectivity index (χ1n) is 9.21. The van der Waals surface area contributed by atoms with E-state index in [0.29, 0.717) is 16.0 Å². The summed E-state index contributed by atoms with van der Waals surface area (Å²) in [5.74, 6) is -1.67. The van der Waals surface area contributed by atoms with Crippen LogP contribution in [0.15, 0.2) is 36.0 Å². The molecule has 0 aliphatic heterocycles. The first-order valence-corrected chi connectivity index (χ1v) is 10.0. The number of methoxy groups -OCH3 is 1. The molecule has 8 nitrogen and oxygen atoms in total. The highest BCUT2D eigenvalue weighted by atomic mass is 32.1. The minimum atomic E-state index is -0.692. The summed E-state index contributed by atoms with van der Waals surface area (Å²) >= 11 is 0.966. The van der Waals surface area contributed by atoms with Crippen LogP contribution >= 0.6 is 11.3 Å². The third-order valence-corrected chi connectivity index (χ3v) is 5.85. The van der Waals surface area contributed by atoms with Gasteiger partial charge in [0, 0.05) is 36.8 Å². The molecule has 0 aliphatic carbocycles. The van der Waals surface area contributed by atoms with Crippen molar-refractivity contribution in [3.05, 3.63) is 57.6 Å². The van der Waals surface area contributed by atoms with Crippen LogP contribution in [0.3, 0.4) is 0 Å². The SMILES string of the molecule is COC(=O)c1c(NC(=O)C(C#N)=Cc2c[nH]c3ccccc23)sc(C(=O)N(C)C)c1C. The van der Waals surface area contributed by atoms with Crippen LogP contribution in [0.2, 0.25) is 0 Å². The van der Waals surface area contributed by atoms with Crippen LogP contribution in [0, 0.1) is 18.3 Å². The van der Waals surface area contributed by atoms with E-state index >= 15 is 0 Å². The summed E-state index contributed by atoms with van der Waals surface area (Å²) in [4.78, 5) is 42.4. The van der Waals surface area contributed by atoms with Gasteiger partial charge in [-0.2, -0.15) is 5.26 Å². The number of rotatable bonds is 5. The lowest BCUT2D eigenvalue weighted by Crippen LogP contribution is -2.21. The Morgan fingerprint density at radius 3 is 2.61 bits per heavy atom. The molecule has 0 bridgehead atoms. The van der Waals surface area contributed by atoms with Gasteiger partial charge in [-0.05, 0) is 24.6 Å². The molecule has 0 saturated heterocycles. The number of carbonyl (C=O) groups excluding carboxylic acids is 3. The number of anilines is 1. The number of amides is 2. The van der Waals surface area contributed by atoms with Crippen molar-refractivity contribution in [2.75, 3.05) is 26.5 Å². The zero-order valence-electron chi connectivity index (χ0n) is 17.4. The van der Waals surface area contributed by atoms with Gasteiger partial charge in [0.25, 0.3) is 11.8 Å². The van der Waals surface area contributed by atoms with Crippen molar-refractivity contribution in [3.63, 3.8) is 0 Å². The molecule has 2 aromatic heterocycles. The van der Waals surface area contributed by atoms with E-state index in [0.717, 1.165) is 22.2 Å². The molecule has 0 aliphatic rings. The third kappa shape index (κ3) is 4.20. The van der Waals surface area contributed by atoms with Crippen LogP contribution < -0.4 is 5.32 Å². The highest BCUT2D eigenvalue weighted by Gasteiger charge is 2.27. The standard InChI is InChI=1S/C22H20N4O4S/c1-12-17(22(29)30-4)20(31-18(12)21(28)26(2)3)25-19(27)13(10-23)9-14-11-24-16-8-6-5-7-15(14)16/h5-9,11,24H,1-4H3,(H,25,27). The molecule has 0 fully saturated rings. The van der Waals surface area contributed by atoms with Gasteiger partial charge in [-0.15, -0.1) is 11.3 Å². The number of H-pyrrole nitrogens is 1. The number of hydrogen-bond acceptors (Lipinski definition) is 6. The number of para-hydroxylation sites is 1. The maximum absolute atomic E-state index is 12.8. The van der Waals surface area contributed by atoms with E-state index in [4.69, 9.17) is 4.74 Å². The molecule has 0 saturated carbocycles. The molecule has 2 heterocycles. The Kier molecular flexibility index (Phi) is 6.22. The van der Waals surface area contributed by atoms with Crippen LogP contribution in [-0.4, -0.2) is 48.9 Å². The molecule has 0 atom stereocenters. The lowest BCUT2D eigenvalue weighted by molar-refractivity contribution is -0.112. The van der Waals surface area contributed by atoms with E-state index < -0.39 is 11.9 Å². The molecule has 2 N–H and O–H groups in total. The highest BCUT2D eigenvalue weighted by molar-refractivity contribution is 7.18. The van der Waals surface area contributed by atoms with E-state index in [1.807, 2.05) is 30.3 Å². The molecule has 0 unspecified atom stereocenters. The number of thiophene rings is 1. The van der Waals surface area contributed by atoms with Gasteiger partial charge in [0.2, 0.25) is 0 Å². The molecular formula is C22H20N4O4S. The van der Waals surface area contributed by atoms with Gasteiger partial charge in [-0.1, -0.05) is 18.2 Å². The largest absolute Gasteiger partial charge is 0.465 e. The zero-order valence-corrected chi connectivity index (χ0v) is 18.2. The van der Waals surface area contributed by atoms with Crippen molar-refractivity contribution in [2.45, 2.75) is 6.92 Å². The molecule has 3 aromatic rings. The van der Waals surface area contributed by atoms with E-state index in [-0.39, 0.29) is 22.0 Å². The minimum Gasteiger partial charge on any atom is -0.465 e. The first kappa shape index (κ1) is 21.8. The van der Waals surface area contributed by atoms with Crippen molar-refractivity contribution < 1.29 is 19.1 Å². The van der Waals surface area contributed by atoms with Crippen LogP contribution in [-0.2, 0) is 9.53 Å². The first-order chi connectivity index (χ1) is 14.8. The number of aromatic nitrogens is 1. The van der Waals surface area contributed by atoms with Gasteiger partial charge >= 0.3 is 5.97 Å². The van der Waals surface area contributed by atoms with Crippen LogP contribution in [0.4, 0.5) is 5.00 Å². The van der Waals surface area contributed by atoms with Crippen LogP contribution in [0.5, 0.6) is 0 Å². The number of nitrogens with zero attached hydrogens (tertiary/aromatic N) is 2. The Hall–Kier alpha value is -3.90. The molecule has 9 heteroatoms. The molecule has 31 heavy (non-hydrogen) atoms. The third-order valence-electron chi connectivity index (χ3n) is 4.65. The van der Waals surface area contributed by atoms with Crippen LogP contribution in [0.25, 0.3) is 17.0 Å². The van der Waals surface area contributed by atoms with Crippen molar-refractivity contribution >= 4 is 51.1 Å². The van der Waals surface area contributed by atoms with Gasteiger partial charge in [0.15, 0.2) is 0 Å². The Balaban J connectivity index is 1.99. The lowest BCUT2D eigenvalue weighted by Gasteiger charge is -2.08. The Morgan fingerprint density at radius 1 is 1.26 bits per heavy atom. The summed E-state index contributed by atoms with van der Waals surface area (Å²) in [5.41, 5.74) is 1.91. The summed E-state index contributed by atoms with van der Waals surface area (Å²) in [6, 6.07) is 9.40. The van der Waals surface area contributed by atoms with Gasteiger partial charge in [0.05, 0.1) is 17.6 Å². The number of esters is 1. The number of nitrogens with one attached hydrogen (secondary N) is 2. The highest BCUT2D eigenvalue weighted by Crippen LogP contribution is 2.34. The number of hydrogen-bond donors (Lipinski definition) is 2. The second-order valence-corrected chi connectivity index (χ2v) is 7.89. The van der Waals surface area contributed by atoms with Gasteiger partial charge in [-0.25, -0.2) is 4.79 Å². The number of carbonyl (C=O) groups is 3. The maximum atomic E-state index is 12.8. The molecule has 3 rings (SSSR count). The van der Waals surface area contributed by atoms with Gasteiger partial charge < -0.3 is 19.9 Å². The quantitative estimate of drug-likeness (QED) is 0.360. The Bertz CT molecular complexity index is 1260. The number of aromatic amines is 1. The molecule has 2 amide bonds. The summed E-state index contributed by atoms with van der Waals surface area (Å²) in [6.45, 7) is 1.61. The summed E-state index contributed by atoms with van der Waals surface area (Å²) in [5, 5.41) is 13.2. The van der Waals surface area contributed by atoms with Gasteiger partial charge in [-0.3, -0.25) is 9.59 Å². The fraction of sp³-hybridized carbons (Fsp3) is 0.182. The van der Waals surface area contributed by atoms with Crippen molar-refractivity contribution in [3.8, 4) is 6.07 Å². The topological polar surface area (TPSA) is 115 Å². The van der Waals surface area contributed by atoms with Crippen LogP contribution in [0.1, 0.15) is 31.2 Å². The number of ether oxygens (including phenoxy) is 1. The number of nitriles is 1. The Morgan fingerprint density at radius 2 is 1.97 bits per heavy atom. The molecule has 158 valence electrons. The van der Waals surface area contributed by atoms with Gasteiger partial charge in [0.1, 0.15) is 16.6 Å². The van der Waals surface area contributed by atoms with E-state index in [1.165, 1.54) is 18.1 Å². The molecule has 0 spiro atoms. The smallest absolute Gasteiger partial charge is 0.341 e. The average Bonchev–Trinajstić information content (AvgIpc) is 3.31. The maximum Gasteiger partial charge on any atom is 0.341 e. The van der Waals surface area contributed by atoms with E-state index in [9.17, 15) is 19.6 Å². The normalized spacial score (nSPS) is 11.1. The fourth-order valence-electron chi connectivity index (χ4n) is 3.04. The molecule has 1 aromatic carbocycles. The zero-order chi connectivity index (χ0) is 22.7. The predicted molar refractivity (Wildman–Crippen MR) is 119 cm³/mol. The molecular weight excluding hydrogens is 416 g/mol. The van der Waals surface area contributed by atoms with Crippen molar-refractivity contribution in [1.82, 2.24) is 9.88 Å². The fourth-order valence-corrected chi connectivity index (χ4v) is 4.26. The van der Waals surface area contributed by atoms with E-state index in [2.05, 4.69) is 10.3 Å². The summed E-state index contributed by atoms with van der Waals surface area (Å²) < 4.78 is 4.82. The lowest BCUT2D eigenvalue weighted by atomic mass is 10.1. The average molecular weight is 436 g/mol. The van der Waals surface area contributed by atoms with E-state index in [1.54, 1.807) is 27.2 Å². The number of fused-ring (bicyclic) bond motifs is 1. The molecule has 0 radical (unpaired) electrons. The summed E-state index contributed by atoms with van der Waals surface area (Å²) in [7, 11) is 4.40. The van der Waals surface area contributed by atoms with Crippen molar-refractivity contribution in [1.29, 1.82) is 5.26 Å². The number of benzene rings is 1. The van der Waals surface area contributed by atoms with Crippen molar-refractivity contribution in [2.24, 2.45) is 0 Å². The predicted octanol–water partition coefficient (Wildman–Crippen LogP) is 3.57. The summed E-state index contributed by atoms with van der Waals surface area (Å²) in [6.07, 6.45) is 3.18. The second-order valence-electron chi connectivity index (χ2n) is 6.87. The second kappa shape index (κ2) is 8.85. The Labute approximate surface area is 182 Å².